The Labute approximate surface area is 145 Å². The highest BCUT2D eigenvalue weighted by Crippen LogP contribution is 2.33. The maximum absolute atomic E-state index is 9.68. The quantitative estimate of drug-likeness (QED) is 0.762. The summed E-state index contributed by atoms with van der Waals surface area (Å²) < 4.78 is 0. The summed E-state index contributed by atoms with van der Waals surface area (Å²) in [6, 6.07) is 17.2. The molecule has 6 heteroatoms. The first-order chi connectivity index (χ1) is 12.2. The van der Waals surface area contributed by atoms with E-state index in [0.717, 1.165) is 11.1 Å². The third-order valence-corrected chi connectivity index (χ3v) is 3.69. The summed E-state index contributed by atoms with van der Waals surface area (Å²) in [7, 11) is 0. The number of benzene rings is 1. The van der Waals surface area contributed by atoms with Gasteiger partial charge in [-0.25, -0.2) is 4.98 Å². The standard InChI is InChI=1S/C19H14N6/c20-9-15-17(14-6-2-1-3-7-14)16(10-21)19(25-18(15)22)24-12-13-5-4-8-23-11-13/h1-8,11H,12H2,(H3,22,24,25). The zero-order valence-corrected chi connectivity index (χ0v) is 13.3. The van der Waals surface area contributed by atoms with Gasteiger partial charge in [-0.3, -0.25) is 4.98 Å². The third kappa shape index (κ3) is 3.24. The lowest BCUT2D eigenvalue weighted by atomic mass is 9.96. The lowest BCUT2D eigenvalue weighted by Crippen LogP contribution is -2.09. The van der Waals surface area contributed by atoms with Crippen molar-refractivity contribution in [1.29, 1.82) is 10.5 Å². The van der Waals surface area contributed by atoms with Crippen molar-refractivity contribution < 1.29 is 0 Å². The molecule has 0 spiro atoms. The average Bonchev–Trinajstić information content (AvgIpc) is 2.67. The van der Waals surface area contributed by atoms with Crippen LogP contribution in [0, 0.1) is 22.7 Å². The Hall–Kier alpha value is -3.90. The number of nitrogens with one attached hydrogen (secondary N) is 1. The first-order valence-corrected chi connectivity index (χ1v) is 7.56. The van der Waals surface area contributed by atoms with Crippen LogP contribution in [0.25, 0.3) is 11.1 Å². The maximum atomic E-state index is 9.68. The second-order valence-electron chi connectivity index (χ2n) is 5.28. The fourth-order valence-electron chi connectivity index (χ4n) is 2.54. The smallest absolute Gasteiger partial charge is 0.147 e. The van der Waals surface area contributed by atoms with Gasteiger partial charge in [-0.15, -0.1) is 0 Å². The summed E-state index contributed by atoms with van der Waals surface area (Å²) in [6.45, 7) is 0.440. The van der Waals surface area contributed by atoms with Crippen LogP contribution in [0.3, 0.4) is 0 Å². The first-order valence-electron chi connectivity index (χ1n) is 7.56. The van der Waals surface area contributed by atoms with Gasteiger partial charge in [-0.1, -0.05) is 36.4 Å². The van der Waals surface area contributed by atoms with Crippen molar-refractivity contribution in [2.24, 2.45) is 0 Å². The second kappa shape index (κ2) is 7.12. The van der Waals surface area contributed by atoms with Crippen LogP contribution in [-0.4, -0.2) is 9.97 Å². The van der Waals surface area contributed by atoms with Crippen LogP contribution in [0.2, 0.25) is 0 Å². The molecule has 0 amide bonds. The van der Waals surface area contributed by atoms with Gasteiger partial charge >= 0.3 is 0 Å². The average molecular weight is 326 g/mol. The minimum atomic E-state index is 0.0917. The number of pyridine rings is 2. The van der Waals surface area contributed by atoms with Gasteiger partial charge in [0, 0.05) is 24.5 Å². The van der Waals surface area contributed by atoms with Crippen molar-refractivity contribution in [3.05, 3.63) is 71.5 Å². The van der Waals surface area contributed by atoms with Crippen LogP contribution in [-0.2, 0) is 6.54 Å². The molecule has 0 radical (unpaired) electrons. The van der Waals surface area contributed by atoms with Gasteiger partial charge in [-0.2, -0.15) is 10.5 Å². The molecular weight excluding hydrogens is 312 g/mol. The number of nitrogen functional groups attached to an aromatic ring is 1. The van der Waals surface area contributed by atoms with Crippen LogP contribution in [0.15, 0.2) is 54.9 Å². The number of aromatic nitrogens is 2. The summed E-state index contributed by atoms with van der Waals surface area (Å²) in [5, 5.41) is 22.3. The van der Waals surface area contributed by atoms with Gasteiger partial charge in [0.1, 0.15) is 34.9 Å². The minimum absolute atomic E-state index is 0.0917. The van der Waals surface area contributed by atoms with Gasteiger partial charge in [0.25, 0.3) is 0 Å². The van der Waals surface area contributed by atoms with Gasteiger partial charge in [0.15, 0.2) is 0 Å². The number of nitriles is 2. The predicted octanol–water partition coefficient (Wildman–Crippen LogP) is 3.08. The molecule has 3 rings (SSSR count). The van der Waals surface area contributed by atoms with Gasteiger partial charge in [0.05, 0.1) is 0 Å². The molecule has 2 heterocycles. The van der Waals surface area contributed by atoms with E-state index >= 15 is 0 Å². The molecule has 3 N–H and O–H groups in total. The molecule has 1 aromatic carbocycles. The molecule has 0 aliphatic carbocycles. The largest absolute Gasteiger partial charge is 0.383 e. The molecule has 0 bridgehead atoms. The van der Waals surface area contributed by atoms with Gasteiger partial charge in [0.2, 0.25) is 0 Å². The monoisotopic (exact) mass is 326 g/mol. The molecule has 0 aliphatic rings. The van der Waals surface area contributed by atoms with Crippen molar-refractivity contribution >= 4 is 11.6 Å². The lowest BCUT2D eigenvalue weighted by Gasteiger charge is -2.14. The highest BCUT2D eigenvalue weighted by Gasteiger charge is 2.19. The fraction of sp³-hybridized carbons (Fsp3) is 0.0526. The second-order valence-corrected chi connectivity index (χ2v) is 5.28. The molecule has 0 saturated carbocycles. The predicted molar refractivity (Wildman–Crippen MR) is 95.1 cm³/mol. The molecule has 2 aromatic heterocycles. The molecule has 120 valence electrons. The van der Waals surface area contributed by atoms with Crippen LogP contribution in [0.4, 0.5) is 11.6 Å². The van der Waals surface area contributed by atoms with Crippen LogP contribution in [0.5, 0.6) is 0 Å². The molecule has 0 atom stereocenters. The Morgan fingerprint density at radius 1 is 1.00 bits per heavy atom. The summed E-state index contributed by atoms with van der Waals surface area (Å²) in [6.07, 6.45) is 3.42. The zero-order valence-electron chi connectivity index (χ0n) is 13.3. The number of hydrogen-bond acceptors (Lipinski definition) is 6. The van der Waals surface area contributed by atoms with Crippen LogP contribution >= 0.6 is 0 Å². The number of anilines is 2. The lowest BCUT2D eigenvalue weighted by molar-refractivity contribution is 1.08. The van der Waals surface area contributed by atoms with E-state index in [9.17, 15) is 10.5 Å². The summed E-state index contributed by atoms with van der Waals surface area (Å²) in [5.74, 6) is 0.441. The number of nitrogens with zero attached hydrogens (tertiary/aromatic N) is 4. The first kappa shape index (κ1) is 16.0. The normalized spacial score (nSPS) is 9.84. The molecule has 0 saturated heterocycles. The molecule has 6 nitrogen and oxygen atoms in total. The van der Waals surface area contributed by atoms with E-state index in [4.69, 9.17) is 5.73 Å². The van der Waals surface area contributed by atoms with Crippen molar-refractivity contribution in [3.63, 3.8) is 0 Å². The minimum Gasteiger partial charge on any atom is -0.383 e. The van der Waals surface area contributed by atoms with E-state index in [0.29, 0.717) is 23.5 Å². The van der Waals surface area contributed by atoms with E-state index in [1.165, 1.54) is 0 Å². The highest BCUT2D eigenvalue weighted by atomic mass is 15.0. The Morgan fingerprint density at radius 2 is 1.76 bits per heavy atom. The van der Waals surface area contributed by atoms with Gasteiger partial charge < -0.3 is 11.1 Å². The summed E-state index contributed by atoms with van der Waals surface area (Å²) in [5.41, 5.74) is 8.64. The molecule has 3 aromatic rings. The highest BCUT2D eigenvalue weighted by molar-refractivity contribution is 5.84. The van der Waals surface area contributed by atoms with Crippen LogP contribution in [0.1, 0.15) is 16.7 Å². The van der Waals surface area contributed by atoms with Crippen molar-refractivity contribution in [1.82, 2.24) is 9.97 Å². The molecule has 25 heavy (non-hydrogen) atoms. The fourth-order valence-corrected chi connectivity index (χ4v) is 2.54. The van der Waals surface area contributed by atoms with Gasteiger partial charge in [-0.05, 0) is 17.2 Å². The van der Waals surface area contributed by atoms with Crippen molar-refractivity contribution in [2.45, 2.75) is 6.54 Å². The third-order valence-electron chi connectivity index (χ3n) is 3.69. The Kier molecular flexibility index (Phi) is 4.55. The summed E-state index contributed by atoms with van der Waals surface area (Å²) >= 11 is 0. The molecule has 0 aliphatic heterocycles. The molecular formula is C19H14N6. The molecule has 0 fully saturated rings. The zero-order chi connectivity index (χ0) is 17.6. The van der Waals surface area contributed by atoms with E-state index in [2.05, 4.69) is 27.4 Å². The number of rotatable bonds is 4. The number of hydrogen-bond donors (Lipinski definition) is 2. The Bertz CT molecular complexity index is 969. The topological polar surface area (TPSA) is 111 Å². The van der Waals surface area contributed by atoms with Crippen LogP contribution < -0.4 is 11.1 Å². The Morgan fingerprint density at radius 3 is 2.40 bits per heavy atom. The number of nitrogens with two attached hydrogens (primary N) is 1. The Balaban J connectivity index is 2.10. The van der Waals surface area contributed by atoms with E-state index < -0.39 is 0 Å². The van der Waals surface area contributed by atoms with E-state index in [-0.39, 0.29) is 11.4 Å². The van der Waals surface area contributed by atoms with Crippen molar-refractivity contribution in [3.8, 4) is 23.3 Å². The van der Waals surface area contributed by atoms with E-state index in [1.54, 1.807) is 12.4 Å². The summed E-state index contributed by atoms with van der Waals surface area (Å²) in [4.78, 5) is 8.27. The van der Waals surface area contributed by atoms with E-state index in [1.807, 2.05) is 42.5 Å². The van der Waals surface area contributed by atoms with Crippen molar-refractivity contribution in [2.75, 3.05) is 11.1 Å². The maximum Gasteiger partial charge on any atom is 0.147 e. The molecule has 0 unspecified atom stereocenters. The SMILES string of the molecule is N#Cc1c(N)nc(NCc2cccnc2)c(C#N)c1-c1ccccc1.